The molecular formula is C9H15NO3. The molecule has 0 aromatic rings. The number of ether oxygens (including phenoxy) is 2. The van der Waals surface area contributed by atoms with E-state index in [1.165, 1.54) is 0 Å². The quantitative estimate of drug-likeness (QED) is 0.677. The van der Waals surface area contributed by atoms with Crippen LogP contribution in [-0.2, 0) is 14.3 Å². The first-order valence-electron chi connectivity index (χ1n) is 4.83. The van der Waals surface area contributed by atoms with Gasteiger partial charge in [-0.2, -0.15) is 0 Å². The summed E-state index contributed by atoms with van der Waals surface area (Å²) in [6.07, 6.45) is 2.77. The molecule has 2 saturated heterocycles. The average molecular weight is 185 g/mol. The van der Waals surface area contributed by atoms with Crippen LogP contribution in [0.2, 0.25) is 0 Å². The second-order valence-electron chi connectivity index (χ2n) is 3.64. The number of hydrogen-bond acceptors (Lipinski definition) is 3. The molecule has 0 aromatic carbocycles. The second-order valence-corrected chi connectivity index (χ2v) is 3.64. The molecule has 0 saturated carbocycles. The summed E-state index contributed by atoms with van der Waals surface area (Å²) in [5, 5.41) is 2.90. The Morgan fingerprint density at radius 1 is 1.46 bits per heavy atom. The third-order valence-corrected chi connectivity index (χ3v) is 2.44. The highest BCUT2D eigenvalue weighted by Crippen LogP contribution is 2.15. The molecule has 4 heteroatoms. The van der Waals surface area contributed by atoms with E-state index >= 15 is 0 Å². The molecule has 1 atom stereocenters. The van der Waals surface area contributed by atoms with Crippen molar-refractivity contribution < 1.29 is 14.3 Å². The lowest BCUT2D eigenvalue weighted by molar-refractivity contribution is -0.127. The predicted molar refractivity (Wildman–Crippen MR) is 46.3 cm³/mol. The summed E-state index contributed by atoms with van der Waals surface area (Å²) in [7, 11) is 0. The Kier molecular flexibility index (Phi) is 2.80. The van der Waals surface area contributed by atoms with Crippen molar-refractivity contribution in [3.05, 3.63) is 0 Å². The summed E-state index contributed by atoms with van der Waals surface area (Å²) in [5.41, 5.74) is 0. The number of hydrogen-bond donors (Lipinski definition) is 1. The molecule has 0 bridgehead atoms. The summed E-state index contributed by atoms with van der Waals surface area (Å²) in [6, 6.07) is 0.244. The molecule has 74 valence electrons. The van der Waals surface area contributed by atoms with Crippen LogP contribution in [0.3, 0.4) is 0 Å². The zero-order valence-corrected chi connectivity index (χ0v) is 7.62. The van der Waals surface area contributed by atoms with E-state index in [-0.39, 0.29) is 18.1 Å². The van der Waals surface area contributed by atoms with Crippen LogP contribution in [-0.4, -0.2) is 37.9 Å². The summed E-state index contributed by atoms with van der Waals surface area (Å²) >= 11 is 0. The smallest absolute Gasteiger partial charge is 0.222 e. The number of carbonyl (C=O) groups is 1. The highest BCUT2D eigenvalue weighted by molar-refractivity contribution is 5.76. The van der Waals surface area contributed by atoms with Crippen LogP contribution in [0.5, 0.6) is 0 Å². The van der Waals surface area contributed by atoms with Crippen molar-refractivity contribution >= 4 is 5.91 Å². The molecule has 2 aliphatic rings. The van der Waals surface area contributed by atoms with Crippen molar-refractivity contribution in [1.29, 1.82) is 0 Å². The standard InChI is InChI=1S/C9H15NO3/c11-9(10-7-5-12-6-7)4-8-2-1-3-13-8/h7-8H,1-6H2,(H,10,11). The predicted octanol–water partition coefficient (Wildman–Crippen LogP) is 0.0705. The number of rotatable bonds is 3. The van der Waals surface area contributed by atoms with Gasteiger partial charge >= 0.3 is 0 Å². The Balaban J connectivity index is 1.64. The average Bonchev–Trinajstić information content (AvgIpc) is 2.49. The van der Waals surface area contributed by atoms with Gasteiger partial charge in [0.1, 0.15) is 0 Å². The molecular weight excluding hydrogens is 170 g/mol. The lowest BCUT2D eigenvalue weighted by Crippen LogP contribution is -2.49. The van der Waals surface area contributed by atoms with Crippen molar-refractivity contribution in [2.75, 3.05) is 19.8 Å². The van der Waals surface area contributed by atoms with Gasteiger partial charge in [0.25, 0.3) is 0 Å². The Morgan fingerprint density at radius 3 is 2.85 bits per heavy atom. The fourth-order valence-electron chi connectivity index (χ4n) is 1.62. The van der Waals surface area contributed by atoms with E-state index in [0.717, 1.165) is 19.4 Å². The van der Waals surface area contributed by atoms with Crippen LogP contribution < -0.4 is 5.32 Å². The highest BCUT2D eigenvalue weighted by Gasteiger charge is 2.23. The zero-order chi connectivity index (χ0) is 9.10. The van der Waals surface area contributed by atoms with E-state index in [9.17, 15) is 4.79 Å². The first-order chi connectivity index (χ1) is 6.34. The first kappa shape index (κ1) is 8.97. The monoisotopic (exact) mass is 185 g/mol. The third-order valence-electron chi connectivity index (χ3n) is 2.44. The van der Waals surface area contributed by atoms with Gasteiger partial charge in [-0.1, -0.05) is 0 Å². The minimum Gasteiger partial charge on any atom is -0.378 e. The molecule has 0 radical (unpaired) electrons. The van der Waals surface area contributed by atoms with Crippen LogP contribution in [0.4, 0.5) is 0 Å². The maximum Gasteiger partial charge on any atom is 0.222 e. The van der Waals surface area contributed by atoms with E-state index in [1.54, 1.807) is 0 Å². The maximum atomic E-state index is 11.4. The van der Waals surface area contributed by atoms with E-state index in [1.807, 2.05) is 0 Å². The first-order valence-corrected chi connectivity index (χ1v) is 4.83. The van der Waals surface area contributed by atoms with Crippen molar-refractivity contribution in [3.8, 4) is 0 Å². The molecule has 2 heterocycles. The zero-order valence-electron chi connectivity index (χ0n) is 7.62. The van der Waals surface area contributed by atoms with Gasteiger partial charge in [-0.05, 0) is 12.8 Å². The molecule has 1 amide bonds. The van der Waals surface area contributed by atoms with Crippen molar-refractivity contribution in [2.24, 2.45) is 0 Å². The number of amides is 1. The summed E-state index contributed by atoms with van der Waals surface area (Å²) in [5.74, 6) is 0.0974. The van der Waals surface area contributed by atoms with Gasteiger partial charge in [0.2, 0.25) is 5.91 Å². The molecule has 2 aliphatic heterocycles. The highest BCUT2D eigenvalue weighted by atomic mass is 16.5. The lowest BCUT2D eigenvalue weighted by atomic mass is 10.1. The maximum absolute atomic E-state index is 11.4. The molecule has 4 nitrogen and oxygen atoms in total. The normalized spacial score (nSPS) is 28.5. The number of nitrogens with one attached hydrogen (secondary N) is 1. The molecule has 0 aliphatic carbocycles. The van der Waals surface area contributed by atoms with Gasteiger partial charge < -0.3 is 14.8 Å². The Hall–Kier alpha value is -0.610. The summed E-state index contributed by atoms with van der Waals surface area (Å²) in [4.78, 5) is 11.4. The van der Waals surface area contributed by atoms with Crippen LogP contribution in [0, 0.1) is 0 Å². The van der Waals surface area contributed by atoms with Crippen LogP contribution in [0.15, 0.2) is 0 Å². The summed E-state index contributed by atoms with van der Waals surface area (Å²) in [6.45, 7) is 2.14. The Morgan fingerprint density at radius 2 is 2.31 bits per heavy atom. The van der Waals surface area contributed by atoms with Gasteiger partial charge in [-0.25, -0.2) is 0 Å². The SMILES string of the molecule is O=C(CC1CCCO1)NC1COC1. The molecule has 13 heavy (non-hydrogen) atoms. The van der Waals surface area contributed by atoms with Crippen LogP contribution >= 0.6 is 0 Å². The van der Waals surface area contributed by atoms with Crippen LogP contribution in [0.1, 0.15) is 19.3 Å². The molecule has 2 fully saturated rings. The van der Waals surface area contributed by atoms with Crippen molar-refractivity contribution in [3.63, 3.8) is 0 Å². The van der Waals surface area contributed by atoms with Crippen LogP contribution in [0.25, 0.3) is 0 Å². The largest absolute Gasteiger partial charge is 0.378 e. The summed E-state index contributed by atoms with van der Waals surface area (Å²) < 4.78 is 10.3. The van der Waals surface area contributed by atoms with Gasteiger partial charge in [-0.3, -0.25) is 4.79 Å². The lowest BCUT2D eigenvalue weighted by Gasteiger charge is -2.27. The van der Waals surface area contributed by atoms with E-state index in [2.05, 4.69) is 5.32 Å². The van der Waals surface area contributed by atoms with Crippen molar-refractivity contribution in [2.45, 2.75) is 31.4 Å². The molecule has 1 N–H and O–H groups in total. The minimum absolute atomic E-state index is 0.0974. The van der Waals surface area contributed by atoms with Gasteiger partial charge in [-0.15, -0.1) is 0 Å². The fraction of sp³-hybridized carbons (Fsp3) is 0.889. The second kappa shape index (κ2) is 4.07. The Labute approximate surface area is 77.6 Å². The van der Waals surface area contributed by atoms with Crippen molar-refractivity contribution in [1.82, 2.24) is 5.32 Å². The van der Waals surface area contributed by atoms with E-state index in [0.29, 0.717) is 19.6 Å². The van der Waals surface area contributed by atoms with Gasteiger partial charge in [0.15, 0.2) is 0 Å². The molecule has 2 rings (SSSR count). The number of carbonyl (C=O) groups excluding carboxylic acids is 1. The van der Waals surface area contributed by atoms with Gasteiger partial charge in [0, 0.05) is 6.61 Å². The molecule has 1 unspecified atom stereocenters. The minimum atomic E-state index is 0.0974. The fourth-order valence-corrected chi connectivity index (χ4v) is 1.62. The Bertz CT molecular complexity index is 185. The third kappa shape index (κ3) is 2.42. The van der Waals surface area contributed by atoms with E-state index < -0.39 is 0 Å². The molecule has 0 spiro atoms. The topological polar surface area (TPSA) is 47.6 Å². The van der Waals surface area contributed by atoms with Gasteiger partial charge in [0.05, 0.1) is 31.8 Å². The molecule has 0 aromatic heterocycles. The van der Waals surface area contributed by atoms with E-state index in [4.69, 9.17) is 9.47 Å².